The van der Waals surface area contributed by atoms with Crippen LogP contribution in [0.2, 0.25) is 5.02 Å². The number of fused-ring (bicyclic) bond motifs is 1. The fourth-order valence-corrected chi connectivity index (χ4v) is 7.60. The van der Waals surface area contributed by atoms with Gasteiger partial charge in [0.05, 0.1) is 30.1 Å². The van der Waals surface area contributed by atoms with E-state index in [2.05, 4.69) is 40.6 Å². The third kappa shape index (κ3) is 7.67. The van der Waals surface area contributed by atoms with Crippen LogP contribution in [0.3, 0.4) is 0 Å². The largest absolute Gasteiger partial charge is 0.495 e. The third-order valence-electron chi connectivity index (χ3n) is 10.4. The van der Waals surface area contributed by atoms with Gasteiger partial charge in [-0.2, -0.15) is 4.98 Å². The van der Waals surface area contributed by atoms with Crippen molar-refractivity contribution in [2.45, 2.75) is 25.3 Å². The molecule has 3 fully saturated rings. The fourth-order valence-electron chi connectivity index (χ4n) is 7.41. The van der Waals surface area contributed by atoms with Gasteiger partial charge in [0.1, 0.15) is 22.6 Å². The van der Waals surface area contributed by atoms with Gasteiger partial charge in [0, 0.05) is 77.1 Å². The van der Waals surface area contributed by atoms with Gasteiger partial charge in [0.25, 0.3) is 17.7 Å². The summed E-state index contributed by atoms with van der Waals surface area (Å²) < 4.78 is 5.58. The molecule has 1 unspecified atom stereocenters. The number of aromatic nitrogens is 2. The van der Waals surface area contributed by atoms with Gasteiger partial charge in [-0.1, -0.05) is 11.6 Å². The van der Waals surface area contributed by atoms with Crippen LogP contribution in [-0.2, 0) is 9.59 Å². The van der Waals surface area contributed by atoms with Gasteiger partial charge in [-0.25, -0.2) is 4.98 Å². The van der Waals surface area contributed by atoms with E-state index in [0.717, 1.165) is 69.4 Å². The van der Waals surface area contributed by atoms with E-state index in [1.807, 2.05) is 11.0 Å². The Morgan fingerprint density at radius 3 is 2.31 bits per heavy atom. The monoisotopic (exact) mass is 758 g/mol. The molecule has 54 heavy (non-hydrogen) atoms. The molecular formula is C37H43ClN10O6. The van der Waals surface area contributed by atoms with Crippen LogP contribution in [0.25, 0.3) is 0 Å². The lowest BCUT2D eigenvalue weighted by atomic mass is 10.0. The van der Waals surface area contributed by atoms with Crippen molar-refractivity contribution in [2.24, 2.45) is 0 Å². The molecule has 0 radical (unpaired) electrons. The molecule has 3 aromatic rings. The quantitative estimate of drug-likeness (QED) is 0.244. The van der Waals surface area contributed by atoms with Crippen molar-refractivity contribution < 1.29 is 28.7 Å². The molecule has 4 aliphatic heterocycles. The lowest BCUT2D eigenvalue weighted by molar-refractivity contribution is -0.136. The Morgan fingerprint density at radius 1 is 0.926 bits per heavy atom. The summed E-state index contributed by atoms with van der Waals surface area (Å²) in [6, 6.07) is 9.59. The molecule has 0 bridgehead atoms. The minimum Gasteiger partial charge on any atom is -0.495 e. The van der Waals surface area contributed by atoms with Crippen LogP contribution in [0.5, 0.6) is 5.75 Å². The van der Waals surface area contributed by atoms with E-state index in [9.17, 15) is 24.0 Å². The Morgan fingerprint density at radius 2 is 1.63 bits per heavy atom. The molecule has 16 nitrogen and oxygen atoms in total. The van der Waals surface area contributed by atoms with E-state index in [-0.39, 0.29) is 24.3 Å². The summed E-state index contributed by atoms with van der Waals surface area (Å²) in [5.74, 6) is -0.696. The number of benzene rings is 2. The van der Waals surface area contributed by atoms with Crippen molar-refractivity contribution >= 4 is 64.3 Å². The van der Waals surface area contributed by atoms with Crippen molar-refractivity contribution in [3.8, 4) is 5.75 Å². The van der Waals surface area contributed by atoms with E-state index in [1.165, 1.54) is 6.20 Å². The van der Waals surface area contributed by atoms with Crippen molar-refractivity contribution in [3.63, 3.8) is 0 Å². The Hall–Kier alpha value is -5.32. The van der Waals surface area contributed by atoms with Gasteiger partial charge in [-0.05, 0) is 62.3 Å². The molecule has 2 aromatic carbocycles. The Balaban J connectivity index is 0.842. The lowest BCUT2D eigenvalue weighted by Gasteiger charge is -2.37. The Labute approximate surface area is 317 Å². The number of nitrogens with zero attached hydrogens (tertiary/aromatic N) is 7. The average Bonchev–Trinajstić information content (AvgIpc) is 3.43. The summed E-state index contributed by atoms with van der Waals surface area (Å²) >= 11 is 6.10. The maximum Gasteiger partial charge on any atom is 0.262 e. The first-order valence-corrected chi connectivity index (χ1v) is 18.5. The van der Waals surface area contributed by atoms with Crippen LogP contribution in [0.15, 0.2) is 42.6 Å². The highest BCUT2D eigenvalue weighted by atomic mass is 35.5. The summed E-state index contributed by atoms with van der Waals surface area (Å²) in [5, 5.41) is 8.69. The number of piperazine rings is 2. The molecule has 284 valence electrons. The minimum atomic E-state index is -0.976. The second-order valence-corrected chi connectivity index (χ2v) is 14.1. The van der Waals surface area contributed by atoms with Crippen LogP contribution in [0.4, 0.5) is 23.1 Å². The van der Waals surface area contributed by atoms with E-state index in [1.54, 1.807) is 44.5 Å². The summed E-state index contributed by atoms with van der Waals surface area (Å²) in [7, 11) is 3.28. The van der Waals surface area contributed by atoms with Gasteiger partial charge in [-0.15, -0.1) is 0 Å². The van der Waals surface area contributed by atoms with Gasteiger partial charge < -0.3 is 25.2 Å². The molecule has 3 N–H and O–H groups in total. The van der Waals surface area contributed by atoms with Gasteiger partial charge in [0.15, 0.2) is 0 Å². The topological polar surface area (TPSA) is 173 Å². The van der Waals surface area contributed by atoms with Crippen LogP contribution in [0, 0.1) is 0 Å². The smallest absolute Gasteiger partial charge is 0.262 e. The van der Waals surface area contributed by atoms with Crippen molar-refractivity contribution in [3.05, 3.63) is 64.3 Å². The standard InChI is InChI=1S/C37H43ClN10O6/c1-39-32-27(38)22-40-37(43-32)41-28-7-4-23(20-30(28)54-2)34(51)47-18-14-45(15-19-47)11-3-10-44-12-16-46(17-13-44)24-5-6-25-26(21-24)36(53)48(35(25)52)29-8-9-31(49)42-33(29)50/h4-7,20-22,29H,3,8-19H2,1-2H3,(H,42,49,50)(H2,39,40,41,43). The lowest BCUT2D eigenvalue weighted by Crippen LogP contribution is -2.54. The number of imide groups is 2. The van der Waals surface area contributed by atoms with E-state index >= 15 is 0 Å². The molecule has 5 amide bonds. The predicted octanol–water partition coefficient (Wildman–Crippen LogP) is 2.30. The molecular weight excluding hydrogens is 716 g/mol. The van der Waals surface area contributed by atoms with Crippen molar-refractivity contribution in [1.29, 1.82) is 0 Å². The molecule has 0 aliphatic carbocycles. The number of amides is 5. The molecule has 0 saturated carbocycles. The van der Waals surface area contributed by atoms with Crippen molar-refractivity contribution in [2.75, 3.05) is 95.1 Å². The number of methoxy groups -OCH3 is 1. The number of hydrogen-bond donors (Lipinski definition) is 3. The summed E-state index contributed by atoms with van der Waals surface area (Å²) in [6.07, 6.45) is 2.74. The van der Waals surface area contributed by atoms with Crippen LogP contribution >= 0.6 is 11.6 Å². The molecule has 1 aromatic heterocycles. The zero-order valence-electron chi connectivity index (χ0n) is 30.3. The van der Waals surface area contributed by atoms with E-state index in [0.29, 0.717) is 52.4 Å². The van der Waals surface area contributed by atoms with Crippen molar-refractivity contribution in [1.82, 2.24) is 34.9 Å². The number of carbonyl (C=O) groups excluding carboxylic acids is 5. The highest BCUT2D eigenvalue weighted by Crippen LogP contribution is 2.32. The van der Waals surface area contributed by atoms with E-state index < -0.39 is 29.7 Å². The normalized spacial score (nSPS) is 19.5. The summed E-state index contributed by atoms with van der Waals surface area (Å²) in [6.45, 7) is 8.12. The van der Waals surface area contributed by atoms with Gasteiger partial charge in [-0.3, -0.25) is 44.0 Å². The van der Waals surface area contributed by atoms with Crippen LogP contribution < -0.4 is 25.6 Å². The molecule has 17 heteroatoms. The number of hydrogen-bond acceptors (Lipinski definition) is 13. The SMILES string of the molecule is CNc1nc(Nc2ccc(C(=O)N3CCN(CCCN4CCN(c5ccc6c(c5)C(=O)N(C5CCC(=O)NC5=O)C6=O)CC4)CC3)cc2OC)ncc1Cl. The number of ether oxygens (including phenoxy) is 1. The number of piperidine rings is 1. The summed E-state index contributed by atoms with van der Waals surface area (Å²) in [5.41, 5.74) is 2.63. The first-order chi connectivity index (χ1) is 26.1. The summed E-state index contributed by atoms with van der Waals surface area (Å²) in [4.78, 5) is 82.2. The molecule has 1 atom stereocenters. The molecule has 0 spiro atoms. The molecule has 3 saturated heterocycles. The van der Waals surface area contributed by atoms with E-state index in [4.69, 9.17) is 16.3 Å². The maximum atomic E-state index is 13.4. The van der Waals surface area contributed by atoms with Gasteiger partial charge >= 0.3 is 0 Å². The zero-order chi connectivity index (χ0) is 37.9. The first-order valence-electron chi connectivity index (χ1n) is 18.1. The zero-order valence-corrected chi connectivity index (χ0v) is 31.0. The highest BCUT2D eigenvalue weighted by molar-refractivity contribution is 6.32. The highest BCUT2D eigenvalue weighted by Gasteiger charge is 2.44. The number of carbonyl (C=O) groups is 5. The average molecular weight is 759 g/mol. The molecule has 7 rings (SSSR count). The molecule has 5 heterocycles. The number of nitrogens with one attached hydrogen (secondary N) is 3. The fraction of sp³-hybridized carbons (Fsp3) is 0.432. The number of anilines is 4. The third-order valence-corrected chi connectivity index (χ3v) is 10.7. The first kappa shape index (κ1) is 37.0. The second-order valence-electron chi connectivity index (χ2n) is 13.7. The van der Waals surface area contributed by atoms with Crippen LogP contribution in [-0.4, -0.2) is 145 Å². The Bertz CT molecular complexity index is 1960. The maximum absolute atomic E-state index is 13.4. The molecule has 4 aliphatic rings. The van der Waals surface area contributed by atoms with Gasteiger partial charge in [0.2, 0.25) is 17.8 Å². The predicted molar refractivity (Wildman–Crippen MR) is 202 cm³/mol. The van der Waals surface area contributed by atoms with Crippen LogP contribution in [0.1, 0.15) is 50.3 Å². The number of halogens is 1. The Kier molecular flexibility index (Phi) is 10.9. The number of rotatable bonds is 11. The minimum absolute atomic E-state index is 0.0384. The second kappa shape index (κ2) is 16.0.